The zero-order valence-corrected chi connectivity index (χ0v) is 9.27. The normalized spacial score (nSPS) is 18.9. The number of carbonyl (C=O) groups excluding carboxylic acids is 1. The Balaban J connectivity index is 2.05. The maximum atomic E-state index is 11.8. The molecule has 5 nitrogen and oxygen atoms in total. The van der Waals surface area contributed by atoms with Crippen LogP contribution in [0, 0.1) is 0 Å². The molecule has 17 heavy (non-hydrogen) atoms. The van der Waals surface area contributed by atoms with Crippen molar-refractivity contribution in [2.24, 2.45) is 0 Å². The summed E-state index contributed by atoms with van der Waals surface area (Å²) in [6, 6.07) is 6.07. The summed E-state index contributed by atoms with van der Waals surface area (Å²) in [5, 5.41) is 14.6. The summed E-state index contributed by atoms with van der Waals surface area (Å²) in [5.41, 5.74) is 0.686. The molecular formula is C12H14N2O3. The van der Waals surface area contributed by atoms with Crippen LogP contribution in [0.25, 0.3) is 0 Å². The number of aromatic carboxylic acids is 1. The molecule has 0 unspecified atom stereocenters. The number of anilines is 1. The predicted octanol–water partition coefficient (Wildman–Crippen LogP) is 1.08. The van der Waals surface area contributed by atoms with Crippen molar-refractivity contribution in [3.05, 3.63) is 29.8 Å². The van der Waals surface area contributed by atoms with Crippen molar-refractivity contribution in [3.63, 3.8) is 0 Å². The van der Waals surface area contributed by atoms with Crippen molar-refractivity contribution in [1.82, 2.24) is 5.32 Å². The highest BCUT2D eigenvalue weighted by Gasteiger charge is 2.21. The number of hydrogen-bond donors (Lipinski definition) is 3. The van der Waals surface area contributed by atoms with E-state index in [-0.39, 0.29) is 17.5 Å². The lowest BCUT2D eigenvalue weighted by molar-refractivity contribution is -0.117. The van der Waals surface area contributed by atoms with Gasteiger partial charge in [0.1, 0.15) is 0 Å². The molecule has 1 heterocycles. The Hall–Kier alpha value is -1.88. The van der Waals surface area contributed by atoms with Crippen molar-refractivity contribution in [2.75, 3.05) is 11.9 Å². The number of carboxylic acids is 1. The standard InChI is InChI=1S/C12H14N2O3/c15-11(10-5-2-6-13-10)14-9-4-1-3-8(7-9)12(16)17/h1,3-4,7,10,13H,2,5-6H2,(H,14,15)(H,16,17)/t10-/m0/s1. The fraction of sp³-hybridized carbons (Fsp3) is 0.333. The Kier molecular flexibility index (Phi) is 3.39. The maximum Gasteiger partial charge on any atom is 0.335 e. The van der Waals surface area contributed by atoms with Crippen LogP contribution >= 0.6 is 0 Å². The lowest BCUT2D eigenvalue weighted by atomic mass is 10.2. The lowest BCUT2D eigenvalue weighted by Crippen LogP contribution is -2.35. The molecule has 5 heteroatoms. The molecule has 1 amide bonds. The first-order valence-corrected chi connectivity index (χ1v) is 5.54. The molecule has 1 aliphatic rings. The molecule has 0 aromatic heterocycles. The van der Waals surface area contributed by atoms with Gasteiger partial charge in [-0.25, -0.2) is 4.79 Å². The molecule has 0 radical (unpaired) electrons. The van der Waals surface area contributed by atoms with E-state index in [4.69, 9.17) is 5.11 Å². The van der Waals surface area contributed by atoms with Gasteiger partial charge in [-0.05, 0) is 37.6 Å². The van der Waals surface area contributed by atoms with Crippen molar-refractivity contribution in [1.29, 1.82) is 0 Å². The van der Waals surface area contributed by atoms with Gasteiger partial charge in [0.2, 0.25) is 5.91 Å². The smallest absolute Gasteiger partial charge is 0.335 e. The quantitative estimate of drug-likeness (QED) is 0.731. The number of carboxylic acid groups (broad SMARTS) is 1. The van der Waals surface area contributed by atoms with E-state index in [1.807, 2.05) is 0 Å². The largest absolute Gasteiger partial charge is 0.478 e. The minimum atomic E-state index is -1.000. The van der Waals surface area contributed by atoms with Gasteiger partial charge in [-0.1, -0.05) is 6.07 Å². The third-order valence-corrected chi connectivity index (χ3v) is 2.75. The number of nitrogens with one attached hydrogen (secondary N) is 2. The molecule has 1 fully saturated rings. The van der Waals surface area contributed by atoms with Gasteiger partial charge in [0.05, 0.1) is 11.6 Å². The van der Waals surface area contributed by atoms with E-state index < -0.39 is 5.97 Å². The van der Waals surface area contributed by atoms with Crippen LogP contribution in [-0.4, -0.2) is 29.6 Å². The zero-order valence-electron chi connectivity index (χ0n) is 9.27. The molecule has 1 aliphatic heterocycles. The molecule has 0 bridgehead atoms. The van der Waals surface area contributed by atoms with Crippen LogP contribution in [0.4, 0.5) is 5.69 Å². The second-order valence-corrected chi connectivity index (χ2v) is 4.02. The molecule has 3 N–H and O–H groups in total. The summed E-state index contributed by atoms with van der Waals surface area (Å²) in [7, 11) is 0. The van der Waals surface area contributed by atoms with Gasteiger partial charge in [0.25, 0.3) is 0 Å². The molecule has 1 aromatic carbocycles. The summed E-state index contributed by atoms with van der Waals surface area (Å²) in [6.45, 7) is 0.854. The van der Waals surface area contributed by atoms with Crippen LogP contribution in [0.2, 0.25) is 0 Å². The summed E-state index contributed by atoms with van der Waals surface area (Å²) < 4.78 is 0. The molecule has 1 atom stereocenters. The highest BCUT2D eigenvalue weighted by Crippen LogP contribution is 2.13. The Bertz CT molecular complexity index is 439. The molecule has 0 spiro atoms. The average molecular weight is 234 g/mol. The van der Waals surface area contributed by atoms with E-state index in [0.29, 0.717) is 5.69 Å². The van der Waals surface area contributed by atoms with E-state index >= 15 is 0 Å². The Morgan fingerprint density at radius 1 is 1.41 bits per heavy atom. The predicted molar refractivity (Wildman–Crippen MR) is 63.1 cm³/mol. The van der Waals surface area contributed by atoms with E-state index in [0.717, 1.165) is 19.4 Å². The fourth-order valence-electron chi connectivity index (χ4n) is 1.87. The van der Waals surface area contributed by atoms with E-state index in [1.54, 1.807) is 12.1 Å². The van der Waals surface area contributed by atoms with E-state index in [9.17, 15) is 9.59 Å². The fourth-order valence-corrected chi connectivity index (χ4v) is 1.87. The van der Waals surface area contributed by atoms with E-state index in [1.165, 1.54) is 12.1 Å². The molecular weight excluding hydrogens is 220 g/mol. The van der Waals surface area contributed by atoms with Crippen molar-refractivity contribution < 1.29 is 14.7 Å². The van der Waals surface area contributed by atoms with Gasteiger partial charge in [0.15, 0.2) is 0 Å². The first-order chi connectivity index (χ1) is 8.16. The zero-order chi connectivity index (χ0) is 12.3. The SMILES string of the molecule is O=C(O)c1cccc(NC(=O)[C@@H]2CCCN2)c1. The Morgan fingerprint density at radius 3 is 2.88 bits per heavy atom. The third-order valence-electron chi connectivity index (χ3n) is 2.75. The molecule has 1 aromatic rings. The van der Waals surface area contributed by atoms with Crippen LogP contribution < -0.4 is 10.6 Å². The topological polar surface area (TPSA) is 78.4 Å². The van der Waals surface area contributed by atoms with E-state index in [2.05, 4.69) is 10.6 Å². The molecule has 2 rings (SSSR count). The molecule has 0 aliphatic carbocycles. The van der Waals surface area contributed by atoms with Crippen LogP contribution in [0.15, 0.2) is 24.3 Å². The minimum absolute atomic E-state index is 0.106. The summed E-state index contributed by atoms with van der Waals surface area (Å²) >= 11 is 0. The monoisotopic (exact) mass is 234 g/mol. The Labute approximate surface area is 98.8 Å². The lowest BCUT2D eigenvalue weighted by Gasteiger charge is -2.11. The number of amides is 1. The Morgan fingerprint density at radius 2 is 2.24 bits per heavy atom. The van der Waals surface area contributed by atoms with Gasteiger partial charge in [0, 0.05) is 5.69 Å². The van der Waals surface area contributed by atoms with Gasteiger partial charge in [-0.15, -0.1) is 0 Å². The summed E-state index contributed by atoms with van der Waals surface area (Å²) in [4.78, 5) is 22.5. The number of benzene rings is 1. The van der Waals surface area contributed by atoms with Crippen LogP contribution in [0.5, 0.6) is 0 Å². The van der Waals surface area contributed by atoms with Gasteiger partial charge in [-0.3, -0.25) is 4.79 Å². The van der Waals surface area contributed by atoms with Gasteiger partial charge < -0.3 is 15.7 Å². The first kappa shape index (κ1) is 11.6. The number of carbonyl (C=O) groups is 2. The van der Waals surface area contributed by atoms with Crippen molar-refractivity contribution in [2.45, 2.75) is 18.9 Å². The molecule has 0 saturated carbocycles. The van der Waals surface area contributed by atoms with Crippen LogP contribution in [0.3, 0.4) is 0 Å². The second-order valence-electron chi connectivity index (χ2n) is 4.02. The number of hydrogen-bond acceptors (Lipinski definition) is 3. The minimum Gasteiger partial charge on any atom is -0.478 e. The highest BCUT2D eigenvalue weighted by molar-refractivity contribution is 5.96. The molecule has 1 saturated heterocycles. The highest BCUT2D eigenvalue weighted by atomic mass is 16.4. The van der Waals surface area contributed by atoms with Crippen LogP contribution in [0.1, 0.15) is 23.2 Å². The average Bonchev–Trinajstić information content (AvgIpc) is 2.82. The van der Waals surface area contributed by atoms with Crippen molar-refractivity contribution >= 4 is 17.6 Å². The third kappa shape index (κ3) is 2.82. The summed E-state index contributed by atoms with van der Waals surface area (Å²) in [6.07, 6.45) is 1.82. The van der Waals surface area contributed by atoms with Gasteiger partial charge in [-0.2, -0.15) is 0 Å². The maximum absolute atomic E-state index is 11.8. The molecule has 90 valence electrons. The van der Waals surface area contributed by atoms with Gasteiger partial charge >= 0.3 is 5.97 Å². The second kappa shape index (κ2) is 4.97. The van der Waals surface area contributed by atoms with Crippen LogP contribution in [-0.2, 0) is 4.79 Å². The first-order valence-electron chi connectivity index (χ1n) is 5.54. The summed E-state index contributed by atoms with van der Waals surface area (Å²) in [5.74, 6) is -1.11. The number of rotatable bonds is 3. The van der Waals surface area contributed by atoms with Crippen molar-refractivity contribution in [3.8, 4) is 0 Å².